The zero-order valence-electron chi connectivity index (χ0n) is 23.3. The first kappa shape index (κ1) is 31.5. The highest BCUT2D eigenvalue weighted by Crippen LogP contribution is 2.29. The number of anilines is 1. The molecule has 3 rings (SSSR count). The van der Waals surface area contributed by atoms with E-state index in [1.807, 2.05) is 39.8 Å². The van der Waals surface area contributed by atoms with Crippen LogP contribution in [0.2, 0.25) is 10.0 Å². The largest absolute Gasteiger partial charge is 0.350 e. The Hall–Kier alpha value is -3.07. The van der Waals surface area contributed by atoms with Crippen molar-refractivity contribution in [1.82, 2.24) is 10.2 Å². The maximum absolute atomic E-state index is 14.1. The summed E-state index contributed by atoms with van der Waals surface area (Å²) >= 11 is 12.5. The Morgan fingerprint density at radius 1 is 0.925 bits per heavy atom. The maximum Gasteiger partial charge on any atom is 0.264 e. The molecule has 1 atom stereocenters. The molecule has 0 heterocycles. The Kier molecular flexibility index (Phi) is 10.3. The Balaban J connectivity index is 2.09. The van der Waals surface area contributed by atoms with Gasteiger partial charge in [-0.1, -0.05) is 72.6 Å². The molecule has 1 N–H and O–H groups in total. The van der Waals surface area contributed by atoms with E-state index in [0.29, 0.717) is 27.7 Å². The standard InChI is InChI=1S/C30H35Cl2N3O4S/c1-6-22-12-10-11-15-27(22)35(40(38,39)25-13-8-7-9-14-25)20-28(36)34(21(2)29(37)33-30(3,4)5)19-23-16-17-24(31)18-26(23)32/h7-18,21H,6,19-20H2,1-5H3,(H,33,37)/t21-/m1/s1. The van der Waals surface area contributed by atoms with Crippen LogP contribution in [0.15, 0.2) is 77.7 Å². The van der Waals surface area contributed by atoms with E-state index in [0.717, 1.165) is 9.87 Å². The van der Waals surface area contributed by atoms with E-state index in [1.165, 1.54) is 17.0 Å². The third-order valence-corrected chi connectivity index (χ3v) is 8.63. The molecule has 3 aromatic carbocycles. The lowest BCUT2D eigenvalue weighted by atomic mass is 10.1. The molecule has 40 heavy (non-hydrogen) atoms. The molecule has 0 aliphatic heterocycles. The molecular weight excluding hydrogens is 569 g/mol. The normalized spacial score (nSPS) is 12.5. The lowest BCUT2D eigenvalue weighted by molar-refractivity contribution is -0.140. The predicted molar refractivity (Wildman–Crippen MR) is 161 cm³/mol. The number of carbonyl (C=O) groups excluding carboxylic acids is 2. The maximum atomic E-state index is 14.1. The van der Waals surface area contributed by atoms with Gasteiger partial charge in [0.2, 0.25) is 11.8 Å². The Labute approximate surface area is 247 Å². The highest BCUT2D eigenvalue weighted by Gasteiger charge is 2.34. The van der Waals surface area contributed by atoms with Crippen molar-refractivity contribution < 1.29 is 18.0 Å². The van der Waals surface area contributed by atoms with E-state index >= 15 is 0 Å². The zero-order chi connectivity index (χ0) is 29.7. The van der Waals surface area contributed by atoms with E-state index in [2.05, 4.69) is 5.32 Å². The number of nitrogens with one attached hydrogen (secondary N) is 1. The molecule has 2 amide bonds. The highest BCUT2D eigenvalue weighted by molar-refractivity contribution is 7.92. The fourth-order valence-corrected chi connectivity index (χ4v) is 6.12. The minimum atomic E-state index is -4.13. The van der Waals surface area contributed by atoms with Crippen LogP contribution in [0.4, 0.5) is 5.69 Å². The van der Waals surface area contributed by atoms with Crippen molar-refractivity contribution in [2.24, 2.45) is 0 Å². The van der Waals surface area contributed by atoms with Gasteiger partial charge in [-0.05, 0) is 75.6 Å². The zero-order valence-corrected chi connectivity index (χ0v) is 25.6. The summed E-state index contributed by atoms with van der Waals surface area (Å²) in [5.74, 6) is -0.939. The number of nitrogens with zero attached hydrogens (tertiary/aromatic N) is 2. The van der Waals surface area contributed by atoms with Gasteiger partial charge in [-0.15, -0.1) is 0 Å². The third kappa shape index (κ3) is 7.77. The van der Waals surface area contributed by atoms with Crippen LogP contribution in [-0.4, -0.2) is 43.3 Å². The minimum Gasteiger partial charge on any atom is -0.350 e. The number of benzene rings is 3. The van der Waals surface area contributed by atoms with Crippen LogP contribution in [0.5, 0.6) is 0 Å². The van der Waals surface area contributed by atoms with Gasteiger partial charge in [-0.25, -0.2) is 8.42 Å². The van der Waals surface area contributed by atoms with Gasteiger partial charge in [-0.2, -0.15) is 0 Å². The molecular formula is C30H35Cl2N3O4S. The van der Waals surface area contributed by atoms with Gasteiger partial charge in [0.1, 0.15) is 12.6 Å². The first-order valence-corrected chi connectivity index (χ1v) is 15.1. The van der Waals surface area contributed by atoms with Gasteiger partial charge in [0, 0.05) is 22.1 Å². The van der Waals surface area contributed by atoms with E-state index < -0.39 is 34.1 Å². The molecule has 0 saturated heterocycles. The van der Waals surface area contributed by atoms with E-state index in [-0.39, 0.29) is 17.3 Å². The van der Waals surface area contributed by atoms with Crippen molar-refractivity contribution in [3.05, 3.63) is 94.0 Å². The number of para-hydroxylation sites is 1. The average molecular weight is 605 g/mol. The number of aryl methyl sites for hydroxylation is 1. The highest BCUT2D eigenvalue weighted by atomic mass is 35.5. The molecule has 214 valence electrons. The van der Waals surface area contributed by atoms with Crippen LogP contribution in [0.3, 0.4) is 0 Å². The summed E-state index contributed by atoms with van der Waals surface area (Å²) in [5, 5.41) is 3.67. The van der Waals surface area contributed by atoms with Crippen LogP contribution in [-0.2, 0) is 32.6 Å². The minimum absolute atomic E-state index is 0.0256. The number of hydrogen-bond donors (Lipinski definition) is 1. The lowest BCUT2D eigenvalue weighted by Crippen LogP contribution is -2.54. The van der Waals surface area contributed by atoms with Crippen LogP contribution < -0.4 is 9.62 Å². The predicted octanol–water partition coefficient (Wildman–Crippen LogP) is 6.08. The van der Waals surface area contributed by atoms with Gasteiger partial charge in [0.25, 0.3) is 10.0 Å². The summed E-state index contributed by atoms with van der Waals surface area (Å²) in [5.41, 5.74) is 1.20. The van der Waals surface area contributed by atoms with Crippen LogP contribution in [0.25, 0.3) is 0 Å². The van der Waals surface area contributed by atoms with Gasteiger partial charge in [-0.3, -0.25) is 13.9 Å². The van der Waals surface area contributed by atoms with Gasteiger partial charge < -0.3 is 10.2 Å². The Morgan fingerprint density at radius 3 is 2.15 bits per heavy atom. The smallest absolute Gasteiger partial charge is 0.264 e. The molecule has 0 radical (unpaired) electrons. The fourth-order valence-electron chi connectivity index (χ4n) is 4.18. The van der Waals surface area contributed by atoms with Crippen molar-refractivity contribution >= 4 is 50.7 Å². The van der Waals surface area contributed by atoms with Crippen molar-refractivity contribution in [3.8, 4) is 0 Å². The molecule has 0 bridgehead atoms. The van der Waals surface area contributed by atoms with Crippen molar-refractivity contribution in [2.45, 2.75) is 64.1 Å². The number of rotatable bonds is 10. The second-order valence-electron chi connectivity index (χ2n) is 10.5. The Bertz CT molecular complexity index is 1460. The van der Waals surface area contributed by atoms with Crippen LogP contribution in [0.1, 0.15) is 45.7 Å². The molecule has 0 spiro atoms. The summed E-state index contributed by atoms with van der Waals surface area (Å²) in [6.45, 7) is 8.51. The van der Waals surface area contributed by atoms with Crippen LogP contribution in [0, 0.1) is 0 Å². The molecule has 10 heteroatoms. The first-order valence-electron chi connectivity index (χ1n) is 13.0. The van der Waals surface area contributed by atoms with Gasteiger partial charge in [0.15, 0.2) is 0 Å². The summed E-state index contributed by atoms with van der Waals surface area (Å²) in [7, 11) is -4.13. The fraction of sp³-hybridized carbons (Fsp3) is 0.333. The summed E-state index contributed by atoms with van der Waals surface area (Å²) in [6.07, 6.45) is 0.555. The summed E-state index contributed by atoms with van der Waals surface area (Å²) < 4.78 is 29.0. The molecule has 0 saturated carbocycles. The second-order valence-corrected chi connectivity index (χ2v) is 13.2. The van der Waals surface area contributed by atoms with Gasteiger partial charge in [0.05, 0.1) is 10.6 Å². The number of carbonyl (C=O) groups is 2. The number of hydrogen-bond acceptors (Lipinski definition) is 4. The third-order valence-electron chi connectivity index (χ3n) is 6.27. The second kappa shape index (κ2) is 13.1. The lowest BCUT2D eigenvalue weighted by Gasteiger charge is -2.34. The van der Waals surface area contributed by atoms with Crippen molar-refractivity contribution in [1.29, 1.82) is 0 Å². The van der Waals surface area contributed by atoms with Gasteiger partial charge >= 0.3 is 0 Å². The molecule has 0 unspecified atom stereocenters. The van der Waals surface area contributed by atoms with Crippen molar-refractivity contribution in [2.75, 3.05) is 10.8 Å². The topological polar surface area (TPSA) is 86.8 Å². The SMILES string of the molecule is CCc1ccccc1N(CC(=O)N(Cc1ccc(Cl)cc1Cl)[C@H](C)C(=O)NC(C)(C)C)S(=O)(=O)c1ccccc1. The molecule has 3 aromatic rings. The van der Waals surface area contributed by atoms with E-state index in [9.17, 15) is 18.0 Å². The number of amides is 2. The van der Waals surface area contributed by atoms with Crippen LogP contribution >= 0.6 is 23.2 Å². The quantitative estimate of drug-likeness (QED) is 0.304. The first-order chi connectivity index (χ1) is 18.7. The van der Waals surface area contributed by atoms with E-state index in [1.54, 1.807) is 55.5 Å². The molecule has 0 aliphatic carbocycles. The summed E-state index contributed by atoms with van der Waals surface area (Å²) in [6, 6.07) is 19.0. The molecule has 0 aromatic heterocycles. The Morgan fingerprint density at radius 2 is 1.55 bits per heavy atom. The summed E-state index contributed by atoms with van der Waals surface area (Å²) in [4.78, 5) is 28.7. The average Bonchev–Trinajstić information content (AvgIpc) is 2.90. The van der Waals surface area contributed by atoms with E-state index in [4.69, 9.17) is 23.2 Å². The molecule has 0 fully saturated rings. The number of sulfonamides is 1. The molecule has 7 nitrogen and oxygen atoms in total. The monoisotopic (exact) mass is 603 g/mol. The number of halogens is 2. The van der Waals surface area contributed by atoms with Crippen molar-refractivity contribution in [3.63, 3.8) is 0 Å². The molecule has 0 aliphatic rings.